The maximum absolute atomic E-state index is 4.39. The fourth-order valence-corrected chi connectivity index (χ4v) is 2.74. The van der Waals surface area contributed by atoms with Gasteiger partial charge in [0, 0.05) is 18.6 Å². The van der Waals surface area contributed by atoms with Crippen molar-refractivity contribution in [2.24, 2.45) is 20.0 Å². The van der Waals surface area contributed by atoms with Crippen molar-refractivity contribution in [2.45, 2.75) is 0 Å². The molecule has 6 bridgehead atoms. The number of nitrogens with one attached hydrogen (secondary N) is 3. The third-order valence-electron chi connectivity index (χ3n) is 2.93. The van der Waals surface area contributed by atoms with Crippen molar-refractivity contribution >= 4 is 83.5 Å². The molecule has 1 aromatic heterocycles. The topological polar surface area (TPSA) is 111 Å². The van der Waals surface area contributed by atoms with Crippen LogP contribution in [0.3, 0.4) is 0 Å². The molecular formula is C12H6Br3N9. The summed E-state index contributed by atoms with van der Waals surface area (Å²) in [5.41, 5.74) is 0. The van der Waals surface area contributed by atoms with Gasteiger partial charge in [-0.15, -0.1) is 0 Å². The van der Waals surface area contributed by atoms with E-state index in [1.807, 2.05) is 0 Å². The van der Waals surface area contributed by atoms with Gasteiger partial charge in [-0.05, 0) is 47.8 Å². The van der Waals surface area contributed by atoms with Crippen LogP contribution in [0.15, 0.2) is 51.6 Å². The maximum atomic E-state index is 4.39. The van der Waals surface area contributed by atoms with Crippen molar-refractivity contribution in [3.05, 3.63) is 31.7 Å². The van der Waals surface area contributed by atoms with Crippen LogP contribution in [-0.2, 0) is 0 Å². The van der Waals surface area contributed by atoms with Crippen LogP contribution < -0.4 is 16.0 Å². The van der Waals surface area contributed by atoms with Gasteiger partial charge in [0.05, 0.1) is 13.4 Å². The number of hydrogen-bond donors (Lipinski definition) is 3. The summed E-state index contributed by atoms with van der Waals surface area (Å²) < 4.78 is 2.02. The van der Waals surface area contributed by atoms with Crippen LogP contribution in [0.4, 0.5) is 11.8 Å². The van der Waals surface area contributed by atoms with Gasteiger partial charge >= 0.3 is 0 Å². The third kappa shape index (κ3) is 3.03. The Morgan fingerprint density at radius 3 is 2.75 bits per heavy atom. The Bertz CT molecular complexity index is 926. The van der Waals surface area contributed by atoms with Crippen LogP contribution in [0.25, 0.3) is 0 Å². The quantitative estimate of drug-likeness (QED) is 0.491. The molecule has 0 saturated carbocycles. The van der Waals surface area contributed by atoms with Gasteiger partial charge in [0.15, 0.2) is 11.7 Å². The molecule has 3 aliphatic heterocycles. The summed E-state index contributed by atoms with van der Waals surface area (Å²) in [5.74, 6) is 2.65. The minimum absolute atomic E-state index is 0.254. The molecule has 0 spiro atoms. The largest absolute Gasteiger partial charge is 0.311 e. The second-order valence-electron chi connectivity index (χ2n) is 4.55. The molecule has 4 heterocycles. The summed E-state index contributed by atoms with van der Waals surface area (Å²) >= 11 is 10.2. The van der Waals surface area contributed by atoms with Crippen molar-refractivity contribution in [3.8, 4) is 0 Å². The predicted molar refractivity (Wildman–Crippen MR) is 102 cm³/mol. The molecule has 4 rings (SSSR count). The van der Waals surface area contributed by atoms with E-state index in [4.69, 9.17) is 0 Å². The van der Waals surface area contributed by atoms with Crippen molar-refractivity contribution in [2.75, 3.05) is 0 Å². The zero-order valence-corrected chi connectivity index (χ0v) is 16.3. The zero-order chi connectivity index (χ0) is 16.7. The van der Waals surface area contributed by atoms with E-state index in [9.17, 15) is 0 Å². The molecule has 0 aromatic carbocycles. The minimum Gasteiger partial charge on any atom is -0.311 e. The third-order valence-corrected chi connectivity index (χ3v) is 4.67. The minimum atomic E-state index is 0.254. The Kier molecular flexibility index (Phi) is 4.02. The number of guanidine groups is 2. The second-order valence-corrected chi connectivity index (χ2v) is 7.11. The molecule has 3 N–H and O–H groups in total. The van der Waals surface area contributed by atoms with E-state index in [1.54, 1.807) is 18.6 Å². The lowest BCUT2D eigenvalue weighted by molar-refractivity contribution is 0.930. The molecule has 9 nitrogen and oxygen atoms in total. The molecule has 12 heteroatoms. The van der Waals surface area contributed by atoms with E-state index < -0.39 is 0 Å². The number of fused-ring (bicyclic) bond motifs is 6. The first-order valence-corrected chi connectivity index (χ1v) is 8.85. The first-order valence-electron chi connectivity index (χ1n) is 6.47. The molecule has 0 saturated heterocycles. The molecule has 120 valence electrons. The van der Waals surface area contributed by atoms with E-state index in [-0.39, 0.29) is 5.95 Å². The number of rotatable bonds is 0. The van der Waals surface area contributed by atoms with E-state index in [0.29, 0.717) is 38.3 Å². The molecule has 0 fully saturated rings. The molecule has 0 atom stereocenters. The molecule has 0 radical (unpaired) electrons. The normalized spacial score (nSPS) is 18.6. The highest BCUT2D eigenvalue weighted by Crippen LogP contribution is 2.25. The molecule has 3 aliphatic rings. The number of aliphatic imine (C=N–C) groups is 4. The van der Waals surface area contributed by atoms with Gasteiger partial charge in [0.25, 0.3) is 5.95 Å². The Labute approximate surface area is 160 Å². The fourth-order valence-electron chi connectivity index (χ4n) is 1.87. The number of hydrogen-bond acceptors (Lipinski definition) is 9. The SMILES string of the molecule is BrC1=CN=C2NC1=Nc1ncc(Br)c(n1)N=C1N=CC(Br)=C(N1)N2. The summed E-state index contributed by atoms with van der Waals surface area (Å²) in [6.45, 7) is 0. The summed E-state index contributed by atoms with van der Waals surface area (Å²) in [7, 11) is 0. The number of aromatic nitrogens is 2. The Hall–Kier alpha value is -1.92. The van der Waals surface area contributed by atoms with Crippen LogP contribution in [-0.4, -0.2) is 33.9 Å². The molecule has 0 unspecified atom stereocenters. The van der Waals surface area contributed by atoms with E-state index >= 15 is 0 Å². The van der Waals surface area contributed by atoms with Gasteiger partial charge < -0.3 is 16.0 Å². The molecule has 1 aromatic rings. The lowest BCUT2D eigenvalue weighted by Gasteiger charge is -2.21. The van der Waals surface area contributed by atoms with Crippen LogP contribution in [0.2, 0.25) is 0 Å². The Morgan fingerprint density at radius 1 is 1.00 bits per heavy atom. The lowest BCUT2D eigenvalue weighted by Crippen LogP contribution is -2.46. The Morgan fingerprint density at radius 2 is 1.88 bits per heavy atom. The molecule has 24 heavy (non-hydrogen) atoms. The molecule has 0 aliphatic carbocycles. The molecular weight excluding hydrogens is 510 g/mol. The van der Waals surface area contributed by atoms with E-state index in [2.05, 4.69) is 93.7 Å². The number of amidine groups is 1. The number of halogens is 3. The monoisotopic (exact) mass is 513 g/mol. The zero-order valence-electron chi connectivity index (χ0n) is 11.5. The fraction of sp³-hybridized carbons (Fsp3) is 0. The van der Waals surface area contributed by atoms with Crippen molar-refractivity contribution < 1.29 is 0 Å². The standard InChI is InChI=1S/C12H6Br3N9/c13-4-1-16-10-19-7(4)22-11-17-3-6(15)9(21-11)24-12-18-2-5(14)8(20-12)23-10/h1-3H,(H3,16,17,18,19,20,21,22,23,24). The van der Waals surface area contributed by atoms with Gasteiger partial charge in [0.2, 0.25) is 11.9 Å². The van der Waals surface area contributed by atoms with E-state index in [0.717, 1.165) is 4.48 Å². The second kappa shape index (κ2) is 6.18. The summed E-state index contributed by atoms with van der Waals surface area (Å²) in [6.07, 6.45) is 4.84. The van der Waals surface area contributed by atoms with Gasteiger partial charge in [-0.3, -0.25) is 0 Å². The first-order chi connectivity index (χ1) is 11.6. The van der Waals surface area contributed by atoms with Crippen molar-refractivity contribution in [3.63, 3.8) is 0 Å². The smallest absolute Gasteiger partial charge is 0.253 e. The number of allylic oxidation sites excluding steroid dienone is 1. The van der Waals surface area contributed by atoms with Gasteiger partial charge in [-0.1, -0.05) is 0 Å². The summed E-state index contributed by atoms with van der Waals surface area (Å²) in [4.78, 5) is 25.8. The van der Waals surface area contributed by atoms with Crippen molar-refractivity contribution in [1.29, 1.82) is 0 Å². The van der Waals surface area contributed by atoms with Crippen LogP contribution >= 0.6 is 47.8 Å². The summed E-state index contributed by atoms with van der Waals surface area (Å²) in [5, 5.41) is 9.26. The highest BCUT2D eigenvalue weighted by Gasteiger charge is 2.19. The van der Waals surface area contributed by atoms with Crippen molar-refractivity contribution in [1.82, 2.24) is 25.9 Å². The van der Waals surface area contributed by atoms with Gasteiger partial charge in [-0.2, -0.15) is 15.0 Å². The van der Waals surface area contributed by atoms with Gasteiger partial charge in [0.1, 0.15) is 5.82 Å². The predicted octanol–water partition coefficient (Wildman–Crippen LogP) is 2.29. The highest BCUT2D eigenvalue weighted by atomic mass is 79.9. The Balaban J connectivity index is 1.92. The molecule has 0 amide bonds. The van der Waals surface area contributed by atoms with Crippen LogP contribution in [0.1, 0.15) is 0 Å². The van der Waals surface area contributed by atoms with Crippen LogP contribution in [0.5, 0.6) is 0 Å². The number of nitrogens with zero attached hydrogens (tertiary/aromatic N) is 6. The lowest BCUT2D eigenvalue weighted by atomic mass is 10.4. The van der Waals surface area contributed by atoms with E-state index in [1.165, 1.54) is 0 Å². The average Bonchev–Trinajstić information content (AvgIpc) is 2.56. The first kappa shape index (κ1) is 15.6. The average molecular weight is 516 g/mol. The maximum Gasteiger partial charge on any atom is 0.253 e. The summed E-state index contributed by atoms with van der Waals surface area (Å²) in [6, 6.07) is 0. The highest BCUT2D eigenvalue weighted by molar-refractivity contribution is 9.12. The van der Waals surface area contributed by atoms with Gasteiger partial charge in [-0.25, -0.2) is 15.0 Å². The van der Waals surface area contributed by atoms with Crippen LogP contribution in [0, 0.1) is 0 Å².